The van der Waals surface area contributed by atoms with Gasteiger partial charge in [0.15, 0.2) is 5.76 Å². The van der Waals surface area contributed by atoms with E-state index in [2.05, 4.69) is 4.90 Å². The van der Waals surface area contributed by atoms with Crippen molar-refractivity contribution in [3.8, 4) is 0 Å². The molecule has 138 valence electrons. The second kappa shape index (κ2) is 7.50. The van der Waals surface area contributed by atoms with E-state index in [1.165, 1.54) is 31.7 Å². The van der Waals surface area contributed by atoms with E-state index in [1.54, 1.807) is 35.0 Å². The lowest BCUT2D eigenvalue weighted by atomic mass is 10.2. The molecule has 3 heterocycles. The van der Waals surface area contributed by atoms with Crippen molar-refractivity contribution in [2.24, 2.45) is 0 Å². The molecule has 2 aromatic rings. The molecule has 1 amide bonds. The SMILES string of the molecule is O=C(c1ccc(Cn2ccccc2=O)o1)N1CCN(C2CCCC2)CC1. The van der Waals surface area contributed by atoms with E-state index in [-0.39, 0.29) is 11.5 Å². The Hall–Kier alpha value is -2.34. The van der Waals surface area contributed by atoms with Crippen LogP contribution in [0.1, 0.15) is 42.0 Å². The number of furan rings is 1. The van der Waals surface area contributed by atoms with E-state index < -0.39 is 0 Å². The van der Waals surface area contributed by atoms with Gasteiger partial charge < -0.3 is 13.9 Å². The van der Waals surface area contributed by atoms with Crippen LogP contribution in [-0.4, -0.2) is 52.5 Å². The van der Waals surface area contributed by atoms with Gasteiger partial charge in [-0.3, -0.25) is 14.5 Å². The predicted molar refractivity (Wildman–Crippen MR) is 98.2 cm³/mol. The van der Waals surface area contributed by atoms with E-state index in [1.807, 2.05) is 4.90 Å². The molecule has 0 spiro atoms. The summed E-state index contributed by atoms with van der Waals surface area (Å²) in [6.07, 6.45) is 6.99. The summed E-state index contributed by atoms with van der Waals surface area (Å²) >= 11 is 0. The van der Waals surface area contributed by atoms with Gasteiger partial charge in [0.05, 0.1) is 6.54 Å². The number of rotatable bonds is 4. The van der Waals surface area contributed by atoms with Crippen molar-refractivity contribution in [1.82, 2.24) is 14.4 Å². The standard InChI is InChI=1S/C20H25N3O3/c24-19-7-3-4-10-23(19)15-17-8-9-18(26-17)20(25)22-13-11-21(12-14-22)16-5-1-2-6-16/h3-4,7-10,16H,1-2,5-6,11-15H2. The molecular formula is C20H25N3O3. The summed E-state index contributed by atoms with van der Waals surface area (Å²) in [6, 6.07) is 9.24. The highest BCUT2D eigenvalue weighted by atomic mass is 16.4. The number of hydrogen-bond donors (Lipinski definition) is 0. The fourth-order valence-electron chi connectivity index (χ4n) is 4.05. The summed E-state index contributed by atoms with van der Waals surface area (Å²) < 4.78 is 7.28. The second-order valence-corrected chi connectivity index (χ2v) is 7.20. The highest BCUT2D eigenvalue weighted by Gasteiger charge is 2.29. The average Bonchev–Trinajstić information content (AvgIpc) is 3.35. The number of nitrogens with zero attached hydrogens (tertiary/aromatic N) is 3. The van der Waals surface area contributed by atoms with E-state index >= 15 is 0 Å². The molecular weight excluding hydrogens is 330 g/mol. The zero-order valence-electron chi connectivity index (χ0n) is 15.0. The molecule has 6 nitrogen and oxygen atoms in total. The molecule has 2 aromatic heterocycles. The Morgan fingerprint density at radius 3 is 2.54 bits per heavy atom. The Labute approximate surface area is 153 Å². The summed E-state index contributed by atoms with van der Waals surface area (Å²) in [5.74, 6) is 0.923. The van der Waals surface area contributed by atoms with Crippen LogP contribution in [0.5, 0.6) is 0 Å². The average molecular weight is 355 g/mol. The molecule has 1 saturated carbocycles. The molecule has 0 radical (unpaired) electrons. The molecule has 0 atom stereocenters. The molecule has 0 unspecified atom stereocenters. The minimum Gasteiger partial charge on any atom is -0.454 e. The first-order chi connectivity index (χ1) is 12.7. The Morgan fingerprint density at radius 2 is 1.81 bits per heavy atom. The molecule has 2 aliphatic rings. The number of aromatic nitrogens is 1. The summed E-state index contributed by atoms with van der Waals surface area (Å²) in [7, 11) is 0. The third kappa shape index (κ3) is 3.60. The molecule has 1 aliphatic heterocycles. The topological polar surface area (TPSA) is 58.7 Å². The third-order valence-electron chi connectivity index (χ3n) is 5.54. The highest BCUT2D eigenvalue weighted by Crippen LogP contribution is 2.24. The number of amides is 1. The summed E-state index contributed by atoms with van der Waals surface area (Å²) in [6.45, 7) is 3.74. The maximum absolute atomic E-state index is 12.7. The van der Waals surface area contributed by atoms with Gasteiger partial charge in [-0.05, 0) is 31.0 Å². The largest absolute Gasteiger partial charge is 0.454 e. The van der Waals surface area contributed by atoms with Crippen molar-refractivity contribution in [1.29, 1.82) is 0 Å². The Kier molecular flexibility index (Phi) is 4.93. The molecule has 0 N–H and O–H groups in total. The van der Waals surface area contributed by atoms with Crippen molar-refractivity contribution < 1.29 is 9.21 Å². The molecule has 0 aromatic carbocycles. The van der Waals surface area contributed by atoms with Gasteiger partial charge in [0, 0.05) is 44.5 Å². The van der Waals surface area contributed by atoms with E-state index in [9.17, 15) is 9.59 Å². The van der Waals surface area contributed by atoms with Crippen molar-refractivity contribution in [2.75, 3.05) is 26.2 Å². The maximum Gasteiger partial charge on any atom is 0.289 e. The number of pyridine rings is 1. The van der Waals surface area contributed by atoms with Crippen molar-refractivity contribution in [3.05, 3.63) is 58.4 Å². The van der Waals surface area contributed by atoms with Gasteiger partial charge in [-0.2, -0.15) is 0 Å². The van der Waals surface area contributed by atoms with E-state index in [0.29, 0.717) is 24.1 Å². The predicted octanol–water partition coefficient (Wildman–Crippen LogP) is 2.19. The van der Waals surface area contributed by atoms with Gasteiger partial charge in [-0.25, -0.2) is 0 Å². The Morgan fingerprint density at radius 1 is 1.04 bits per heavy atom. The molecule has 2 fully saturated rings. The van der Waals surface area contributed by atoms with Crippen molar-refractivity contribution in [2.45, 2.75) is 38.3 Å². The highest BCUT2D eigenvalue weighted by molar-refractivity contribution is 5.91. The third-order valence-corrected chi connectivity index (χ3v) is 5.54. The lowest BCUT2D eigenvalue weighted by molar-refractivity contribution is 0.0543. The fraction of sp³-hybridized carbons (Fsp3) is 0.500. The monoisotopic (exact) mass is 355 g/mol. The first-order valence-electron chi connectivity index (χ1n) is 9.48. The van der Waals surface area contributed by atoms with Gasteiger partial charge in [-0.1, -0.05) is 18.9 Å². The quantitative estimate of drug-likeness (QED) is 0.844. The molecule has 1 saturated heterocycles. The fourth-order valence-corrected chi connectivity index (χ4v) is 4.05. The van der Waals surface area contributed by atoms with Crippen LogP contribution < -0.4 is 5.56 Å². The van der Waals surface area contributed by atoms with Crippen LogP contribution in [0.15, 0.2) is 45.7 Å². The molecule has 0 bridgehead atoms. The van der Waals surface area contributed by atoms with Gasteiger partial charge in [0.2, 0.25) is 0 Å². The maximum atomic E-state index is 12.7. The van der Waals surface area contributed by atoms with Crippen LogP contribution in [-0.2, 0) is 6.54 Å². The molecule has 4 rings (SSSR count). The molecule has 26 heavy (non-hydrogen) atoms. The van der Waals surface area contributed by atoms with Crippen LogP contribution in [0, 0.1) is 0 Å². The number of carbonyl (C=O) groups excluding carboxylic acids is 1. The van der Waals surface area contributed by atoms with Gasteiger partial charge in [0.25, 0.3) is 11.5 Å². The van der Waals surface area contributed by atoms with Gasteiger partial charge >= 0.3 is 0 Å². The lowest BCUT2D eigenvalue weighted by Gasteiger charge is -2.37. The molecule has 1 aliphatic carbocycles. The zero-order chi connectivity index (χ0) is 17.9. The Bertz CT molecular complexity index is 811. The van der Waals surface area contributed by atoms with Crippen molar-refractivity contribution >= 4 is 5.91 Å². The van der Waals surface area contributed by atoms with Crippen molar-refractivity contribution in [3.63, 3.8) is 0 Å². The van der Waals surface area contributed by atoms with E-state index in [4.69, 9.17) is 4.42 Å². The molecule has 6 heteroatoms. The summed E-state index contributed by atoms with van der Waals surface area (Å²) in [4.78, 5) is 28.9. The van der Waals surface area contributed by atoms with Crippen LogP contribution in [0.25, 0.3) is 0 Å². The Balaban J connectivity index is 1.36. The number of piperazine rings is 1. The normalized spacial score (nSPS) is 19.2. The van der Waals surface area contributed by atoms with Gasteiger partial charge in [-0.15, -0.1) is 0 Å². The van der Waals surface area contributed by atoms with Crippen LogP contribution >= 0.6 is 0 Å². The summed E-state index contributed by atoms with van der Waals surface area (Å²) in [5, 5.41) is 0. The number of carbonyl (C=O) groups is 1. The van der Waals surface area contributed by atoms with Crippen LogP contribution in [0.4, 0.5) is 0 Å². The summed E-state index contributed by atoms with van der Waals surface area (Å²) in [5.41, 5.74) is -0.0835. The zero-order valence-corrected chi connectivity index (χ0v) is 15.0. The second-order valence-electron chi connectivity index (χ2n) is 7.20. The van der Waals surface area contributed by atoms with Crippen LogP contribution in [0.2, 0.25) is 0 Å². The lowest BCUT2D eigenvalue weighted by Crippen LogP contribution is -2.51. The minimum absolute atomic E-state index is 0.0530. The minimum atomic E-state index is -0.0835. The first-order valence-corrected chi connectivity index (χ1v) is 9.48. The first kappa shape index (κ1) is 17.1. The smallest absolute Gasteiger partial charge is 0.289 e. The number of hydrogen-bond acceptors (Lipinski definition) is 4. The van der Waals surface area contributed by atoms with E-state index in [0.717, 1.165) is 26.2 Å². The van der Waals surface area contributed by atoms with Gasteiger partial charge in [0.1, 0.15) is 5.76 Å². The van der Waals surface area contributed by atoms with Crippen LogP contribution in [0.3, 0.4) is 0 Å².